The Kier molecular flexibility index (Phi) is 3.85. The molecule has 1 N–H and O–H groups in total. The standard InChI is InChI=1S/C13H11ClFNO3/c1-2-3-10-11(13(17)18)12(16-19-10)8-6-7(14)4-5-9(8)15/h4-6H,2-3H2,1H3,(H,17,18). The van der Waals surface area contributed by atoms with Crippen LogP contribution in [0.4, 0.5) is 4.39 Å². The second-order valence-electron chi connectivity index (χ2n) is 4.01. The average Bonchev–Trinajstić information content (AvgIpc) is 2.76. The Labute approximate surface area is 113 Å². The fourth-order valence-electron chi connectivity index (χ4n) is 1.81. The van der Waals surface area contributed by atoms with Crippen molar-refractivity contribution in [3.8, 4) is 11.3 Å². The predicted octanol–water partition coefficient (Wildman–Crippen LogP) is 3.78. The Bertz CT molecular complexity index is 624. The first kappa shape index (κ1) is 13.5. The van der Waals surface area contributed by atoms with Gasteiger partial charge >= 0.3 is 5.97 Å². The van der Waals surface area contributed by atoms with Crippen molar-refractivity contribution in [1.29, 1.82) is 0 Å². The van der Waals surface area contributed by atoms with E-state index in [1.807, 2.05) is 6.92 Å². The van der Waals surface area contributed by atoms with Crippen LogP contribution in [0.1, 0.15) is 29.5 Å². The van der Waals surface area contributed by atoms with Crippen molar-refractivity contribution >= 4 is 17.6 Å². The highest BCUT2D eigenvalue weighted by Crippen LogP contribution is 2.30. The highest BCUT2D eigenvalue weighted by Gasteiger charge is 2.24. The highest BCUT2D eigenvalue weighted by atomic mass is 35.5. The van der Waals surface area contributed by atoms with Crippen LogP contribution in [0.3, 0.4) is 0 Å². The number of halogens is 2. The number of hydrogen-bond acceptors (Lipinski definition) is 3. The van der Waals surface area contributed by atoms with Crippen LogP contribution in [0.2, 0.25) is 5.02 Å². The average molecular weight is 284 g/mol. The Morgan fingerprint density at radius 3 is 2.89 bits per heavy atom. The molecule has 0 saturated heterocycles. The molecule has 6 heteroatoms. The first-order valence-electron chi connectivity index (χ1n) is 5.71. The molecule has 1 aromatic heterocycles. The fourth-order valence-corrected chi connectivity index (χ4v) is 1.98. The van der Waals surface area contributed by atoms with Gasteiger partial charge in [0.1, 0.15) is 17.1 Å². The zero-order valence-corrected chi connectivity index (χ0v) is 10.9. The lowest BCUT2D eigenvalue weighted by Crippen LogP contribution is -2.02. The van der Waals surface area contributed by atoms with Crippen LogP contribution in [0.25, 0.3) is 11.3 Å². The maximum absolute atomic E-state index is 13.8. The summed E-state index contributed by atoms with van der Waals surface area (Å²) in [6, 6.07) is 3.88. The van der Waals surface area contributed by atoms with Gasteiger partial charge in [-0.15, -0.1) is 0 Å². The Morgan fingerprint density at radius 2 is 2.26 bits per heavy atom. The molecule has 4 nitrogen and oxygen atoms in total. The number of aromatic nitrogens is 1. The van der Waals surface area contributed by atoms with Gasteiger partial charge < -0.3 is 9.63 Å². The van der Waals surface area contributed by atoms with Gasteiger partial charge in [0, 0.05) is 17.0 Å². The number of carboxylic acid groups (broad SMARTS) is 1. The number of carbonyl (C=O) groups is 1. The molecule has 1 aromatic carbocycles. The quantitative estimate of drug-likeness (QED) is 0.927. The van der Waals surface area contributed by atoms with Crippen molar-refractivity contribution in [3.05, 3.63) is 40.4 Å². The van der Waals surface area contributed by atoms with Gasteiger partial charge in [-0.25, -0.2) is 9.18 Å². The third-order valence-corrected chi connectivity index (χ3v) is 2.87. The van der Waals surface area contributed by atoms with Crippen molar-refractivity contribution < 1.29 is 18.8 Å². The molecule has 0 atom stereocenters. The van der Waals surface area contributed by atoms with Crippen molar-refractivity contribution in [3.63, 3.8) is 0 Å². The monoisotopic (exact) mass is 283 g/mol. The lowest BCUT2D eigenvalue weighted by molar-refractivity contribution is 0.0695. The summed E-state index contributed by atoms with van der Waals surface area (Å²) in [4.78, 5) is 11.3. The smallest absolute Gasteiger partial charge is 0.341 e. The van der Waals surface area contributed by atoms with E-state index in [0.717, 1.165) is 6.07 Å². The van der Waals surface area contributed by atoms with E-state index in [0.29, 0.717) is 17.9 Å². The van der Waals surface area contributed by atoms with E-state index in [-0.39, 0.29) is 22.6 Å². The molecule has 0 saturated carbocycles. The van der Waals surface area contributed by atoms with E-state index in [1.165, 1.54) is 12.1 Å². The third kappa shape index (κ3) is 2.61. The molecular weight excluding hydrogens is 273 g/mol. The van der Waals surface area contributed by atoms with Crippen LogP contribution < -0.4 is 0 Å². The van der Waals surface area contributed by atoms with E-state index in [1.54, 1.807) is 0 Å². The van der Waals surface area contributed by atoms with Crippen LogP contribution >= 0.6 is 11.6 Å². The van der Waals surface area contributed by atoms with Crippen molar-refractivity contribution in [2.24, 2.45) is 0 Å². The lowest BCUT2D eigenvalue weighted by atomic mass is 10.0. The highest BCUT2D eigenvalue weighted by molar-refractivity contribution is 6.30. The molecule has 0 aliphatic heterocycles. The molecule has 0 radical (unpaired) electrons. The molecular formula is C13H11ClFNO3. The molecule has 0 amide bonds. The van der Waals surface area contributed by atoms with Gasteiger partial charge in [-0.1, -0.05) is 23.7 Å². The number of rotatable bonds is 4. The summed E-state index contributed by atoms with van der Waals surface area (Å²) in [5.74, 6) is -1.55. The largest absolute Gasteiger partial charge is 0.477 e. The number of carboxylic acids is 1. The number of hydrogen-bond donors (Lipinski definition) is 1. The second kappa shape index (κ2) is 5.40. The molecule has 0 fully saturated rings. The van der Waals surface area contributed by atoms with E-state index in [4.69, 9.17) is 16.1 Å². The molecule has 0 unspecified atom stereocenters. The minimum Gasteiger partial charge on any atom is -0.477 e. The van der Waals surface area contributed by atoms with Crippen LogP contribution in [-0.2, 0) is 6.42 Å². The van der Waals surface area contributed by atoms with Crippen LogP contribution in [0.5, 0.6) is 0 Å². The number of benzene rings is 1. The van der Waals surface area contributed by atoms with Gasteiger partial charge in [0.2, 0.25) is 0 Å². The first-order valence-corrected chi connectivity index (χ1v) is 6.09. The maximum Gasteiger partial charge on any atom is 0.341 e. The van der Waals surface area contributed by atoms with E-state index in [9.17, 15) is 14.3 Å². The second-order valence-corrected chi connectivity index (χ2v) is 4.45. The molecule has 19 heavy (non-hydrogen) atoms. The third-order valence-electron chi connectivity index (χ3n) is 2.64. The van der Waals surface area contributed by atoms with E-state index >= 15 is 0 Å². The SMILES string of the molecule is CCCc1onc(-c2cc(Cl)ccc2F)c1C(=O)O. The van der Waals surface area contributed by atoms with Crippen molar-refractivity contribution in [2.75, 3.05) is 0 Å². The summed E-state index contributed by atoms with van der Waals surface area (Å²) in [6.45, 7) is 1.88. The van der Waals surface area contributed by atoms with Gasteiger partial charge in [0.15, 0.2) is 5.76 Å². The maximum atomic E-state index is 13.8. The first-order chi connectivity index (χ1) is 9.04. The number of aryl methyl sites for hydroxylation is 1. The molecule has 1 heterocycles. The number of aromatic carboxylic acids is 1. The summed E-state index contributed by atoms with van der Waals surface area (Å²) in [7, 11) is 0. The molecule has 2 rings (SSSR count). The molecule has 2 aromatic rings. The zero-order chi connectivity index (χ0) is 14.0. The normalized spacial score (nSPS) is 10.7. The Morgan fingerprint density at radius 1 is 1.53 bits per heavy atom. The molecule has 0 aliphatic rings. The summed E-state index contributed by atoms with van der Waals surface area (Å²) >= 11 is 5.79. The Balaban J connectivity index is 2.62. The topological polar surface area (TPSA) is 63.3 Å². The summed E-state index contributed by atoms with van der Waals surface area (Å²) in [6.07, 6.45) is 1.13. The number of nitrogens with zero attached hydrogens (tertiary/aromatic N) is 1. The van der Waals surface area contributed by atoms with Crippen molar-refractivity contribution in [2.45, 2.75) is 19.8 Å². The fraction of sp³-hybridized carbons (Fsp3) is 0.231. The van der Waals surface area contributed by atoms with Crippen LogP contribution in [-0.4, -0.2) is 16.2 Å². The van der Waals surface area contributed by atoms with Crippen LogP contribution in [0.15, 0.2) is 22.7 Å². The predicted molar refractivity (Wildman–Crippen MR) is 67.9 cm³/mol. The van der Waals surface area contributed by atoms with Gasteiger partial charge in [0.05, 0.1) is 0 Å². The van der Waals surface area contributed by atoms with Gasteiger partial charge in [-0.05, 0) is 24.6 Å². The van der Waals surface area contributed by atoms with Gasteiger partial charge in [-0.2, -0.15) is 0 Å². The minimum absolute atomic E-state index is 0.0241. The van der Waals surface area contributed by atoms with Crippen LogP contribution in [0, 0.1) is 5.82 Å². The molecule has 0 spiro atoms. The zero-order valence-electron chi connectivity index (χ0n) is 10.1. The Hall–Kier alpha value is -1.88. The summed E-state index contributed by atoms with van der Waals surface area (Å²) in [5.41, 5.74) is -0.116. The van der Waals surface area contributed by atoms with E-state index < -0.39 is 11.8 Å². The summed E-state index contributed by atoms with van der Waals surface area (Å²) in [5, 5.41) is 13.2. The lowest BCUT2D eigenvalue weighted by Gasteiger charge is -2.01. The molecule has 100 valence electrons. The van der Waals surface area contributed by atoms with Crippen molar-refractivity contribution in [1.82, 2.24) is 5.16 Å². The summed E-state index contributed by atoms with van der Waals surface area (Å²) < 4.78 is 18.8. The van der Waals surface area contributed by atoms with Gasteiger partial charge in [-0.3, -0.25) is 0 Å². The van der Waals surface area contributed by atoms with Gasteiger partial charge in [0.25, 0.3) is 0 Å². The van der Waals surface area contributed by atoms with E-state index in [2.05, 4.69) is 5.16 Å². The minimum atomic E-state index is -1.20. The molecule has 0 aliphatic carbocycles. The molecule has 0 bridgehead atoms.